The summed E-state index contributed by atoms with van der Waals surface area (Å²) >= 11 is 5.80. The van der Waals surface area contributed by atoms with Crippen LogP contribution < -0.4 is 5.32 Å². The number of likely N-dealkylation sites (tertiary alicyclic amines) is 1. The second-order valence-corrected chi connectivity index (χ2v) is 5.65. The van der Waals surface area contributed by atoms with Crippen LogP contribution in [0.15, 0.2) is 24.3 Å². The highest BCUT2D eigenvalue weighted by Gasteiger charge is 2.28. The lowest BCUT2D eigenvalue weighted by atomic mass is 9.96. The lowest BCUT2D eigenvalue weighted by molar-refractivity contribution is -0.138. The zero-order valence-electron chi connectivity index (χ0n) is 11.9. The van der Waals surface area contributed by atoms with E-state index < -0.39 is 12.5 Å². The third-order valence-corrected chi connectivity index (χ3v) is 3.84. The summed E-state index contributed by atoms with van der Waals surface area (Å²) in [4.78, 5) is 36.4. The predicted molar refractivity (Wildman–Crippen MR) is 80.7 cm³/mol. The fraction of sp³-hybridized carbons (Fsp3) is 0.400. The molecule has 2 amide bonds. The van der Waals surface area contributed by atoms with Crippen LogP contribution >= 0.6 is 11.6 Å². The van der Waals surface area contributed by atoms with Gasteiger partial charge in [-0.1, -0.05) is 11.6 Å². The van der Waals surface area contributed by atoms with Gasteiger partial charge in [-0.3, -0.25) is 14.4 Å². The molecular formula is C15H17ClN2O4. The van der Waals surface area contributed by atoms with E-state index in [-0.39, 0.29) is 17.7 Å². The molecule has 2 rings (SSSR count). The summed E-state index contributed by atoms with van der Waals surface area (Å²) in [5.41, 5.74) is 0.524. The van der Waals surface area contributed by atoms with Gasteiger partial charge in [-0.15, -0.1) is 0 Å². The van der Waals surface area contributed by atoms with Crippen LogP contribution in [0.25, 0.3) is 0 Å². The molecule has 6 nitrogen and oxygen atoms in total. The number of nitrogens with one attached hydrogen (secondary N) is 1. The van der Waals surface area contributed by atoms with E-state index in [4.69, 9.17) is 16.7 Å². The minimum atomic E-state index is -1.08. The molecule has 0 aromatic heterocycles. The molecule has 0 saturated carbocycles. The van der Waals surface area contributed by atoms with Crippen LogP contribution in [0.2, 0.25) is 5.02 Å². The predicted octanol–water partition coefficient (Wildman–Crippen LogP) is 1.39. The van der Waals surface area contributed by atoms with Crippen molar-refractivity contribution in [3.8, 4) is 0 Å². The highest BCUT2D eigenvalue weighted by Crippen LogP contribution is 2.19. The summed E-state index contributed by atoms with van der Waals surface area (Å²) in [5, 5.41) is 11.5. The minimum Gasteiger partial charge on any atom is -0.480 e. The Kier molecular flexibility index (Phi) is 5.38. The first-order valence-electron chi connectivity index (χ1n) is 7.01. The summed E-state index contributed by atoms with van der Waals surface area (Å²) in [5.74, 6) is -1.92. The Bertz CT molecular complexity index is 573. The molecule has 0 spiro atoms. The summed E-state index contributed by atoms with van der Waals surface area (Å²) in [6.45, 7) is 0.484. The Morgan fingerprint density at radius 1 is 1.27 bits per heavy atom. The highest BCUT2D eigenvalue weighted by molar-refractivity contribution is 6.30. The third-order valence-electron chi connectivity index (χ3n) is 3.58. The number of aliphatic carboxylic acids is 1. The molecule has 0 bridgehead atoms. The Balaban J connectivity index is 1.97. The number of amides is 2. The number of carbonyl (C=O) groups is 3. The van der Waals surface area contributed by atoms with Crippen LogP contribution in [0.1, 0.15) is 23.2 Å². The van der Waals surface area contributed by atoms with Gasteiger partial charge < -0.3 is 15.3 Å². The molecular weight excluding hydrogens is 308 g/mol. The molecule has 0 radical (unpaired) electrons. The SMILES string of the molecule is O=C(O)CNC(=O)C1CCCN(C(=O)c2ccc(Cl)cc2)C1. The van der Waals surface area contributed by atoms with Crippen LogP contribution in [0.5, 0.6) is 0 Å². The molecule has 0 aliphatic carbocycles. The van der Waals surface area contributed by atoms with Crippen molar-refractivity contribution in [1.29, 1.82) is 0 Å². The third kappa shape index (κ3) is 4.21. The number of piperidine rings is 1. The molecule has 1 atom stereocenters. The smallest absolute Gasteiger partial charge is 0.322 e. The second kappa shape index (κ2) is 7.26. The Morgan fingerprint density at radius 3 is 2.59 bits per heavy atom. The number of halogens is 1. The number of carboxylic acid groups (broad SMARTS) is 1. The van der Waals surface area contributed by atoms with Gasteiger partial charge in [-0.05, 0) is 37.1 Å². The number of hydrogen-bond acceptors (Lipinski definition) is 3. The summed E-state index contributed by atoms with van der Waals surface area (Å²) in [6, 6.07) is 6.60. The Morgan fingerprint density at radius 2 is 1.95 bits per heavy atom. The quantitative estimate of drug-likeness (QED) is 0.876. The van der Waals surface area contributed by atoms with Crippen LogP contribution in [0.4, 0.5) is 0 Å². The fourth-order valence-corrected chi connectivity index (χ4v) is 2.58. The van der Waals surface area contributed by atoms with Crippen molar-refractivity contribution in [2.75, 3.05) is 19.6 Å². The summed E-state index contributed by atoms with van der Waals surface area (Å²) in [6.07, 6.45) is 1.36. The summed E-state index contributed by atoms with van der Waals surface area (Å²) < 4.78 is 0. The standard InChI is InChI=1S/C15H17ClN2O4/c16-12-5-3-10(4-6-12)15(22)18-7-1-2-11(9-18)14(21)17-8-13(19)20/h3-6,11H,1-2,7-9H2,(H,17,21)(H,19,20). The van der Waals surface area contributed by atoms with Crippen molar-refractivity contribution in [2.45, 2.75) is 12.8 Å². The lowest BCUT2D eigenvalue weighted by Gasteiger charge is -2.32. The lowest BCUT2D eigenvalue weighted by Crippen LogP contribution is -2.46. The van der Waals surface area contributed by atoms with E-state index in [0.717, 1.165) is 0 Å². The number of carbonyl (C=O) groups excluding carboxylic acids is 2. The molecule has 1 aromatic carbocycles. The summed E-state index contributed by atoms with van der Waals surface area (Å²) in [7, 11) is 0. The number of nitrogens with zero attached hydrogens (tertiary/aromatic N) is 1. The molecule has 1 aromatic rings. The zero-order valence-corrected chi connectivity index (χ0v) is 12.7. The number of benzene rings is 1. The normalized spacial score (nSPS) is 17.9. The maximum absolute atomic E-state index is 12.4. The van der Waals surface area contributed by atoms with Crippen LogP contribution in [0, 0.1) is 5.92 Å². The van der Waals surface area contributed by atoms with Crippen molar-refractivity contribution >= 4 is 29.4 Å². The van der Waals surface area contributed by atoms with Gasteiger partial charge in [0.1, 0.15) is 6.54 Å². The van der Waals surface area contributed by atoms with Gasteiger partial charge in [0.2, 0.25) is 5.91 Å². The average Bonchev–Trinajstić information content (AvgIpc) is 2.52. The minimum absolute atomic E-state index is 0.146. The maximum Gasteiger partial charge on any atom is 0.322 e. The van der Waals surface area contributed by atoms with E-state index in [1.165, 1.54) is 0 Å². The van der Waals surface area contributed by atoms with Gasteiger partial charge in [-0.2, -0.15) is 0 Å². The Hall–Kier alpha value is -2.08. The monoisotopic (exact) mass is 324 g/mol. The van der Waals surface area contributed by atoms with Gasteiger partial charge in [-0.25, -0.2) is 0 Å². The first kappa shape index (κ1) is 16.3. The van der Waals surface area contributed by atoms with Crippen molar-refractivity contribution < 1.29 is 19.5 Å². The van der Waals surface area contributed by atoms with E-state index in [9.17, 15) is 14.4 Å². The molecule has 118 valence electrons. The van der Waals surface area contributed by atoms with Crippen LogP contribution in [0.3, 0.4) is 0 Å². The molecule has 1 unspecified atom stereocenters. The van der Waals surface area contributed by atoms with E-state index in [1.54, 1.807) is 29.2 Å². The van der Waals surface area contributed by atoms with Gasteiger partial charge in [0.15, 0.2) is 0 Å². The second-order valence-electron chi connectivity index (χ2n) is 5.21. The van der Waals surface area contributed by atoms with Crippen molar-refractivity contribution in [3.63, 3.8) is 0 Å². The highest BCUT2D eigenvalue weighted by atomic mass is 35.5. The molecule has 1 heterocycles. The van der Waals surface area contributed by atoms with E-state index in [0.29, 0.717) is 36.5 Å². The van der Waals surface area contributed by atoms with Gasteiger partial charge >= 0.3 is 5.97 Å². The molecule has 1 fully saturated rings. The topological polar surface area (TPSA) is 86.7 Å². The van der Waals surface area contributed by atoms with Gasteiger partial charge in [0, 0.05) is 23.7 Å². The number of hydrogen-bond donors (Lipinski definition) is 2. The zero-order chi connectivity index (χ0) is 16.1. The van der Waals surface area contributed by atoms with Crippen LogP contribution in [-0.2, 0) is 9.59 Å². The maximum atomic E-state index is 12.4. The molecule has 22 heavy (non-hydrogen) atoms. The van der Waals surface area contributed by atoms with E-state index in [2.05, 4.69) is 5.32 Å². The van der Waals surface area contributed by atoms with Crippen molar-refractivity contribution in [3.05, 3.63) is 34.9 Å². The molecule has 1 aliphatic heterocycles. The van der Waals surface area contributed by atoms with Crippen molar-refractivity contribution in [2.24, 2.45) is 5.92 Å². The van der Waals surface area contributed by atoms with Gasteiger partial charge in [0.25, 0.3) is 5.91 Å². The average molecular weight is 325 g/mol. The van der Waals surface area contributed by atoms with Gasteiger partial charge in [0.05, 0.1) is 5.92 Å². The van der Waals surface area contributed by atoms with Crippen LogP contribution in [-0.4, -0.2) is 47.4 Å². The molecule has 7 heteroatoms. The van der Waals surface area contributed by atoms with E-state index >= 15 is 0 Å². The Labute approximate surface area is 133 Å². The molecule has 2 N–H and O–H groups in total. The number of carboxylic acids is 1. The first-order valence-corrected chi connectivity index (χ1v) is 7.39. The molecule has 1 aliphatic rings. The fourth-order valence-electron chi connectivity index (χ4n) is 2.46. The van der Waals surface area contributed by atoms with E-state index in [1.807, 2.05) is 0 Å². The number of rotatable bonds is 4. The first-order chi connectivity index (χ1) is 10.5. The van der Waals surface area contributed by atoms with Crippen molar-refractivity contribution in [1.82, 2.24) is 10.2 Å². The molecule has 1 saturated heterocycles. The largest absolute Gasteiger partial charge is 0.480 e.